The number of carbonyl (C=O) groups excluding carboxylic acids is 1. The van der Waals surface area contributed by atoms with E-state index in [1.54, 1.807) is 6.07 Å². The average molecular weight is 285 g/mol. The molecule has 1 aliphatic heterocycles. The molecule has 110 valence electrons. The Morgan fingerprint density at radius 3 is 2.71 bits per heavy atom. The minimum Gasteiger partial charge on any atom is -0.323 e. The van der Waals surface area contributed by atoms with E-state index in [1.165, 1.54) is 6.42 Å². The summed E-state index contributed by atoms with van der Waals surface area (Å²) in [6.45, 7) is 1.78. The Bertz CT molecular complexity index is 652. The maximum absolute atomic E-state index is 12.3. The topological polar surface area (TPSA) is 83.3 Å². The number of hydrazine groups is 2. The number of pyridine rings is 1. The molecule has 0 unspecified atom stereocenters. The number of rotatable bonds is 3. The standard InChI is InChI=1S/C15H19N5O/c16-18-13-10-14(17-12-7-3-2-6-11(12)13)15(21)19-20-8-4-1-5-9-20/h2-3,6-7,10H,1,4-5,8-9,16H2,(H,17,18)(H,19,21). The second kappa shape index (κ2) is 6.07. The van der Waals surface area contributed by atoms with E-state index in [0.29, 0.717) is 11.4 Å². The van der Waals surface area contributed by atoms with Crippen molar-refractivity contribution in [1.29, 1.82) is 0 Å². The highest BCUT2D eigenvalue weighted by molar-refractivity contribution is 5.99. The van der Waals surface area contributed by atoms with Gasteiger partial charge in [-0.2, -0.15) is 0 Å². The van der Waals surface area contributed by atoms with Crippen LogP contribution in [0.1, 0.15) is 29.8 Å². The molecule has 1 fully saturated rings. The van der Waals surface area contributed by atoms with Crippen LogP contribution in [0.25, 0.3) is 10.9 Å². The molecule has 3 rings (SSSR count). The molecular formula is C15H19N5O. The van der Waals surface area contributed by atoms with Crippen molar-refractivity contribution >= 4 is 22.5 Å². The first-order valence-corrected chi connectivity index (χ1v) is 7.20. The molecule has 1 saturated heterocycles. The maximum atomic E-state index is 12.3. The van der Waals surface area contributed by atoms with Crippen LogP contribution in [0.3, 0.4) is 0 Å². The quantitative estimate of drug-likeness (QED) is 0.590. The Balaban J connectivity index is 1.87. The minimum atomic E-state index is -0.195. The van der Waals surface area contributed by atoms with Gasteiger partial charge in [0.1, 0.15) is 5.69 Å². The lowest BCUT2D eigenvalue weighted by Crippen LogP contribution is -2.45. The number of piperidine rings is 1. The lowest BCUT2D eigenvalue weighted by atomic mass is 10.1. The second-order valence-electron chi connectivity index (χ2n) is 5.21. The highest BCUT2D eigenvalue weighted by Gasteiger charge is 2.16. The number of nitrogens with one attached hydrogen (secondary N) is 2. The Hall–Kier alpha value is -2.18. The maximum Gasteiger partial charge on any atom is 0.284 e. The van der Waals surface area contributed by atoms with E-state index in [4.69, 9.17) is 5.84 Å². The summed E-state index contributed by atoms with van der Waals surface area (Å²) in [6, 6.07) is 9.28. The SMILES string of the molecule is NNc1cc(C(=O)NN2CCCCC2)nc2ccccc12. The van der Waals surface area contributed by atoms with Crippen molar-refractivity contribution in [2.24, 2.45) is 5.84 Å². The first-order valence-electron chi connectivity index (χ1n) is 7.20. The number of amides is 1. The van der Waals surface area contributed by atoms with Gasteiger partial charge in [0.2, 0.25) is 0 Å². The third kappa shape index (κ3) is 2.96. The minimum absolute atomic E-state index is 0.195. The number of nitrogens with zero attached hydrogens (tertiary/aromatic N) is 2. The molecule has 21 heavy (non-hydrogen) atoms. The van der Waals surface area contributed by atoms with E-state index in [0.717, 1.165) is 36.8 Å². The van der Waals surface area contributed by atoms with E-state index >= 15 is 0 Å². The summed E-state index contributed by atoms with van der Waals surface area (Å²) in [5.41, 5.74) is 7.36. The fraction of sp³-hybridized carbons (Fsp3) is 0.333. The number of aromatic nitrogens is 1. The van der Waals surface area contributed by atoms with Crippen molar-refractivity contribution in [2.75, 3.05) is 18.5 Å². The molecule has 4 N–H and O–H groups in total. The molecule has 0 bridgehead atoms. The molecule has 0 saturated carbocycles. The summed E-state index contributed by atoms with van der Waals surface area (Å²) >= 11 is 0. The van der Waals surface area contributed by atoms with Gasteiger partial charge >= 0.3 is 0 Å². The number of anilines is 1. The molecule has 1 aromatic heterocycles. The van der Waals surface area contributed by atoms with Crippen molar-refractivity contribution in [3.63, 3.8) is 0 Å². The van der Waals surface area contributed by atoms with Crippen LogP contribution < -0.4 is 16.7 Å². The van der Waals surface area contributed by atoms with Crippen LogP contribution in [-0.4, -0.2) is 29.0 Å². The molecule has 2 aromatic rings. The van der Waals surface area contributed by atoms with E-state index in [-0.39, 0.29) is 5.91 Å². The molecule has 0 spiro atoms. The van der Waals surface area contributed by atoms with Gasteiger partial charge in [0.05, 0.1) is 11.2 Å². The van der Waals surface area contributed by atoms with E-state index in [1.807, 2.05) is 29.3 Å². The van der Waals surface area contributed by atoms with Crippen LogP contribution in [0.5, 0.6) is 0 Å². The summed E-state index contributed by atoms with van der Waals surface area (Å²) in [7, 11) is 0. The fourth-order valence-corrected chi connectivity index (χ4v) is 2.62. The summed E-state index contributed by atoms with van der Waals surface area (Å²) < 4.78 is 0. The smallest absolute Gasteiger partial charge is 0.284 e. The molecule has 0 atom stereocenters. The van der Waals surface area contributed by atoms with Gasteiger partial charge in [-0.25, -0.2) is 9.99 Å². The van der Waals surface area contributed by atoms with E-state index < -0.39 is 0 Å². The number of fused-ring (bicyclic) bond motifs is 1. The number of carbonyl (C=O) groups is 1. The van der Waals surface area contributed by atoms with Crippen LogP contribution in [0.4, 0.5) is 5.69 Å². The molecule has 0 radical (unpaired) electrons. The zero-order valence-corrected chi connectivity index (χ0v) is 11.8. The van der Waals surface area contributed by atoms with Crippen LogP contribution in [0, 0.1) is 0 Å². The Kier molecular flexibility index (Phi) is 3.98. The van der Waals surface area contributed by atoms with Gasteiger partial charge in [0.25, 0.3) is 5.91 Å². The van der Waals surface area contributed by atoms with Gasteiger partial charge in [-0.1, -0.05) is 24.6 Å². The molecular weight excluding hydrogens is 266 g/mol. The van der Waals surface area contributed by atoms with Gasteiger partial charge in [-0.15, -0.1) is 0 Å². The van der Waals surface area contributed by atoms with Crippen molar-refractivity contribution in [3.05, 3.63) is 36.0 Å². The average Bonchev–Trinajstić information content (AvgIpc) is 2.54. The Morgan fingerprint density at radius 1 is 1.19 bits per heavy atom. The van der Waals surface area contributed by atoms with Crippen molar-refractivity contribution in [2.45, 2.75) is 19.3 Å². The molecule has 2 heterocycles. The summed E-state index contributed by atoms with van der Waals surface area (Å²) in [5.74, 6) is 5.35. The van der Waals surface area contributed by atoms with Gasteiger partial charge < -0.3 is 5.43 Å². The largest absolute Gasteiger partial charge is 0.323 e. The van der Waals surface area contributed by atoms with Gasteiger partial charge in [-0.3, -0.25) is 16.1 Å². The summed E-state index contributed by atoms with van der Waals surface area (Å²) in [5, 5.41) is 2.85. The van der Waals surface area contributed by atoms with Gasteiger partial charge in [-0.05, 0) is 25.0 Å². The number of nitrogens with two attached hydrogens (primary N) is 1. The highest BCUT2D eigenvalue weighted by atomic mass is 16.2. The van der Waals surface area contributed by atoms with Gasteiger partial charge in [0, 0.05) is 18.5 Å². The van der Waals surface area contributed by atoms with Crippen molar-refractivity contribution in [3.8, 4) is 0 Å². The first-order chi connectivity index (χ1) is 10.3. The lowest BCUT2D eigenvalue weighted by molar-refractivity contribution is 0.0745. The monoisotopic (exact) mass is 285 g/mol. The summed E-state index contributed by atoms with van der Waals surface area (Å²) in [4.78, 5) is 16.8. The molecule has 1 amide bonds. The van der Waals surface area contributed by atoms with Crippen LogP contribution in [0.2, 0.25) is 0 Å². The highest BCUT2D eigenvalue weighted by Crippen LogP contribution is 2.22. The molecule has 0 aliphatic carbocycles. The Labute approximate surface area is 123 Å². The fourth-order valence-electron chi connectivity index (χ4n) is 2.62. The van der Waals surface area contributed by atoms with Crippen LogP contribution in [-0.2, 0) is 0 Å². The molecule has 1 aliphatic rings. The van der Waals surface area contributed by atoms with Crippen molar-refractivity contribution in [1.82, 2.24) is 15.4 Å². The Morgan fingerprint density at radius 2 is 1.95 bits per heavy atom. The van der Waals surface area contributed by atoms with Gasteiger partial charge in [0.15, 0.2) is 0 Å². The van der Waals surface area contributed by atoms with Crippen LogP contribution >= 0.6 is 0 Å². The molecule has 1 aromatic carbocycles. The normalized spacial score (nSPS) is 15.9. The number of benzene rings is 1. The molecule has 6 nitrogen and oxygen atoms in total. The number of hydrogen-bond acceptors (Lipinski definition) is 5. The number of para-hydroxylation sites is 1. The van der Waals surface area contributed by atoms with Crippen LogP contribution in [0.15, 0.2) is 30.3 Å². The summed E-state index contributed by atoms with van der Waals surface area (Å²) in [6.07, 6.45) is 3.45. The zero-order chi connectivity index (χ0) is 14.7. The number of nitrogen functional groups attached to an aromatic ring is 1. The second-order valence-corrected chi connectivity index (χ2v) is 5.21. The third-order valence-corrected chi connectivity index (χ3v) is 3.72. The molecule has 6 heteroatoms. The van der Waals surface area contributed by atoms with Crippen molar-refractivity contribution < 1.29 is 4.79 Å². The number of hydrogen-bond donors (Lipinski definition) is 3. The zero-order valence-electron chi connectivity index (χ0n) is 11.8. The van der Waals surface area contributed by atoms with E-state index in [9.17, 15) is 4.79 Å². The predicted octanol–water partition coefficient (Wildman–Crippen LogP) is 1.65. The lowest BCUT2D eigenvalue weighted by Gasteiger charge is -2.26. The van der Waals surface area contributed by atoms with E-state index in [2.05, 4.69) is 15.8 Å². The first kappa shape index (κ1) is 13.8. The predicted molar refractivity (Wildman–Crippen MR) is 82.4 cm³/mol. The third-order valence-electron chi connectivity index (χ3n) is 3.72.